The van der Waals surface area contributed by atoms with Crippen molar-refractivity contribution in [1.82, 2.24) is 9.13 Å². The molecule has 0 aliphatic carbocycles. The lowest BCUT2D eigenvalue weighted by atomic mass is 10.1. The van der Waals surface area contributed by atoms with Gasteiger partial charge in [0, 0.05) is 85.9 Å². The molecule has 0 aliphatic rings. The zero-order valence-corrected chi connectivity index (χ0v) is 36.3. The van der Waals surface area contributed by atoms with Crippen LogP contribution >= 0.6 is 47.8 Å². The number of ether oxygens (including phenoxy) is 3. The van der Waals surface area contributed by atoms with E-state index in [9.17, 15) is 10.2 Å². The van der Waals surface area contributed by atoms with E-state index in [0.29, 0.717) is 31.1 Å². The Hall–Kier alpha value is -5.21. The molecule has 2 aromatic heterocycles. The predicted molar refractivity (Wildman–Crippen MR) is 243 cm³/mol. The van der Waals surface area contributed by atoms with Crippen LogP contribution in [0.3, 0.4) is 0 Å². The van der Waals surface area contributed by atoms with Gasteiger partial charge in [0.15, 0.2) is 0 Å². The van der Waals surface area contributed by atoms with E-state index in [4.69, 9.17) is 19.7 Å². The number of halogens is 3. The molecular formula is C44H39Br3N6O5. The number of rotatable bonds is 13. The molecule has 0 amide bonds. The number of hydrogen-bond acceptors (Lipinski definition) is 7. The summed E-state index contributed by atoms with van der Waals surface area (Å²) in [7, 11) is 3.25. The minimum absolute atomic E-state index is 0.209. The van der Waals surface area contributed by atoms with Crippen molar-refractivity contribution in [3.8, 4) is 17.2 Å². The number of benzene rings is 6. The Morgan fingerprint density at radius 2 is 1.12 bits per heavy atom. The summed E-state index contributed by atoms with van der Waals surface area (Å²) in [5.41, 5.74) is 14.3. The van der Waals surface area contributed by atoms with Crippen molar-refractivity contribution in [2.75, 3.05) is 32.7 Å². The van der Waals surface area contributed by atoms with Gasteiger partial charge in [-0.25, -0.2) is 0 Å². The molecule has 11 nitrogen and oxygen atoms in total. The summed E-state index contributed by atoms with van der Waals surface area (Å²) in [5, 5.41) is 32.6. The second-order valence-corrected chi connectivity index (χ2v) is 16.3. The van der Waals surface area contributed by atoms with Crippen LogP contribution in [0.5, 0.6) is 17.2 Å². The molecule has 0 aliphatic heterocycles. The molecule has 0 fully saturated rings. The van der Waals surface area contributed by atoms with Crippen molar-refractivity contribution in [2.45, 2.75) is 25.3 Å². The number of nitrogens with one attached hydrogen (secondary N) is 1. The smallest absolute Gasteiger partial charge is 0.120 e. The van der Waals surface area contributed by atoms with Crippen molar-refractivity contribution < 1.29 is 24.4 Å². The first-order valence-electron chi connectivity index (χ1n) is 18.3. The topological polar surface area (TPSA) is 139 Å². The van der Waals surface area contributed by atoms with Gasteiger partial charge in [0.1, 0.15) is 30.0 Å². The fraction of sp³-hybridized carbons (Fsp3) is 0.182. The van der Waals surface area contributed by atoms with E-state index in [1.807, 2.05) is 91.0 Å². The highest BCUT2D eigenvalue weighted by Crippen LogP contribution is 2.35. The molecular weight excluding hydrogens is 932 g/mol. The minimum atomic E-state index is -0.645. The molecule has 8 aromatic rings. The van der Waals surface area contributed by atoms with Crippen molar-refractivity contribution in [1.29, 1.82) is 0 Å². The van der Waals surface area contributed by atoms with Gasteiger partial charge in [-0.15, -0.1) is 0 Å². The Bertz CT molecular complexity index is 2710. The SMILES string of the molecule is COc1ccc(OCC(O)Cn2c3ccc(Br)cc3c3cc(Br)ccc32)cc1.COc1cccc(NCC(O)Cn2c3ccc(Br)cc3c3cc(N=[N+]=[N-])ccc32)c1. The van der Waals surface area contributed by atoms with Crippen LogP contribution < -0.4 is 19.5 Å². The zero-order valence-electron chi connectivity index (χ0n) is 31.5. The lowest BCUT2D eigenvalue weighted by molar-refractivity contribution is 0.0945. The van der Waals surface area contributed by atoms with Gasteiger partial charge in [-0.2, -0.15) is 0 Å². The van der Waals surface area contributed by atoms with Crippen LogP contribution in [0.15, 0.2) is 140 Å². The van der Waals surface area contributed by atoms with Crippen LogP contribution in [-0.2, 0) is 13.1 Å². The van der Waals surface area contributed by atoms with E-state index < -0.39 is 12.2 Å². The maximum atomic E-state index is 10.7. The Morgan fingerprint density at radius 1 is 0.621 bits per heavy atom. The fourth-order valence-electron chi connectivity index (χ4n) is 6.99. The van der Waals surface area contributed by atoms with Crippen LogP contribution in [-0.4, -0.2) is 58.9 Å². The quantitative estimate of drug-likeness (QED) is 0.0597. The van der Waals surface area contributed by atoms with E-state index in [-0.39, 0.29) is 6.61 Å². The van der Waals surface area contributed by atoms with Gasteiger partial charge >= 0.3 is 0 Å². The third-order valence-electron chi connectivity index (χ3n) is 9.66. The highest BCUT2D eigenvalue weighted by atomic mass is 79.9. The number of aromatic nitrogens is 2. The summed E-state index contributed by atoms with van der Waals surface area (Å²) in [6.45, 7) is 1.46. The maximum absolute atomic E-state index is 10.7. The molecule has 6 aromatic carbocycles. The molecule has 3 N–H and O–H groups in total. The normalized spacial score (nSPS) is 12.2. The number of aliphatic hydroxyl groups is 2. The monoisotopic (exact) mass is 968 g/mol. The predicted octanol–water partition coefficient (Wildman–Crippen LogP) is 11.7. The molecule has 0 saturated heterocycles. The second kappa shape index (κ2) is 18.6. The molecule has 2 heterocycles. The maximum Gasteiger partial charge on any atom is 0.120 e. The first-order valence-corrected chi connectivity index (χ1v) is 20.7. The van der Waals surface area contributed by atoms with Crippen LogP contribution in [0.25, 0.3) is 54.1 Å². The molecule has 2 atom stereocenters. The summed E-state index contributed by atoms with van der Waals surface area (Å²) < 4.78 is 23.4. The Labute approximate surface area is 359 Å². The molecule has 58 heavy (non-hydrogen) atoms. The highest BCUT2D eigenvalue weighted by Gasteiger charge is 2.17. The van der Waals surface area contributed by atoms with E-state index in [1.165, 1.54) is 0 Å². The first-order chi connectivity index (χ1) is 28.1. The van der Waals surface area contributed by atoms with Gasteiger partial charge in [-0.1, -0.05) is 65.0 Å². The average Bonchev–Trinajstić information content (AvgIpc) is 3.69. The van der Waals surface area contributed by atoms with Crippen LogP contribution in [0, 0.1) is 0 Å². The Kier molecular flexibility index (Phi) is 13.1. The minimum Gasteiger partial charge on any atom is -0.497 e. The number of hydrogen-bond donors (Lipinski definition) is 3. The lowest BCUT2D eigenvalue weighted by Gasteiger charge is -2.16. The number of anilines is 1. The van der Waals surface area contributed by atoms with Crippen molar-refractivity contribution in [2.24, 2.45) is 5.11 Å². The van der Waals surface area contributed by atoms with Gasteiger partial charge in [0.05, 0.1) is 33.4 Å². The highest BCUT2D eigenvalue weighted by molar-refractivity contribution is 9.11. The van der Waals surface area contributed by atoms with Gasteiger partial charge in [0.2, 0.25) is 0 Å². The molecule has 0 saturated carbocycles. The van der Waals surface area contributed by atoms with Crippen LogP contribution in [0.4, 0.5) is 11.4 Å². The molecule has 0 bridgehead atoms. The van der Waals surface area contributed by atoms with Crippen LogP contribution in [0.1, 0.15) is 0 Å². The summed E-state index contributed by atoms with van der Waals surface area (Å²) in [4.78, 5) is 2.88. The third-order valence-corrected chi connectivity index (χ3v) is 11.1. The van der Waals surface area contributed by atoms with Gasteiger partial charge < -0.3 is 38.9 Å². The van der Waals surface area contributed by atoms with Crippen LogP contribution in [0.2, 0.25) is 0 Å². The summed E-state index contributed by atoms with van der Waals surface area (Å²) in [6.07, 6.45) is -1.26. The van der Waals surface area contributed by atoms with Crippen molar-refractivity contribution >= 4 is 103 Å². The number of fused-ring (bicyclic) bond motifs is 6. The largest absolute Gasteiger partial charge is 0.497 e. The number of aliphatic hydroxyl groups excluding tert-OH is 2. The van der Waals surface area contributed by atoms with Crippen molar-refractivity contribution in [3.05, 3.63) is 145 Å². The molecule has 8 rings (SSSR count). The van der Waals surface area contributed by atoms with Gasteiger partial charge in [0.25, 0.3) is 0 Å². The number of methoxy groups -OCH3 is 2. The molecule has 2 unspecified atom stereocenters. The molecule has 0 radical (unpaired) electrons. The average molecular weight is 972 g/mol. The molecule has 0 spiro atoms. The van der Waals surface area contributed by atoms with E-state index >= 15 is 0 Å². The third kappa shape index (κ3) is 9.39. The summed E-state index contributed by atoms with van der Waals surface area (Å²) >= 11 is 10.6. The fourth-order valence-corrected chi connectivity index (χ4v) is 8.08. The van der Waals surface area contributed by atoms with E-state index in [2.05, 4.69) is 96.5 Å². The number of nitrogens with zero attached hydrogens (tertiary/aromatic N) is 5. The summed E-state index contributed by atoms with van der Waals surface area (Å²) in [6, 6.07) is 39.0. The lowest BCUT2D eigenvalue weighted by Crippen LogP contribution is -2.24. The zero-order chi connectivity index (χ0) is 40.8. The second-order valence-electron chi connectivity index (χ2n) is 13.5. The molecule has 14 heteroatoms. The first kappa shape index (κ1) is 41.0. The number of azide groups is 1. The summed E-state index contributed by atoms with van der Waals surface area (Å²) in [5.74, 6) is 2.24. The standard InChI is InChI=1S/C22H19Br2NO3.C22H20BrN5O2/c1-27-17-4-6-18(7-5-17)28-13-16(26)12-25-21-8-2-14(23)10-19(21)20-11-15(24)3-9-22(20)25;1-30-18-4-2-3-15(10-18)25-12-17(29)13-28-21-7-5-14(23)9-19(21)20-11-16(26-27-24)6-8-22(20)28/h2-11,16,26H,12-13H2,1H3;2-11,17,25,29H,12-13H2,1H3. The van der Waals surface area contributed by atoms with Crippen molar-refractivity contribution in [3.63, 3.8) is 0 Å². The van der Waals surface area contributed by atoms with Gasteiger partial charge in [-0.05, 0) is 109 Å². The Morgan fingerprint density at radius 3 is 1.66 bits per heavy atom. The Balaban J connectivity index is 0.000000177. The molecule has 296 valence electrons. The van der Waals surface area contributed by atoms with E-state index in [0.717, 1.165) is 74.2 Å². The van der Waals surface area contributed by atoms with Gasteiger partial charge in [-0.3, -0.25) is 0 Å². The van der Waals surface area contributed by atoms with E-state index in [1.54, 1.807) is 20.3 Å².